The van der Waals surface area contributed by atoms with Crippen molar-refractivity contribution in [2.75, 3.05) is 6.54 Å². The number of aromatic amines is 2. The Labute approximate surface area is 203 Å². The molecule has 0 saturated carbocycles. The summed E-state index contributed by atoms with van der Waals surface area (Å²) < 4.78 is 1.58. The third-order valence-electron chi connectivity index (χ3n) is 6.45. The van der Waals surface area contributed by atoms with Crippen molar-refractivity contribution in [2.24, 2.45) is 0 Å². The average molecular weight is 480 g/mol. The highest BCUT2D eigenvalue weighted by Gasteiger charge is 2.34. The lowest BCUT2D eigenvalue weighted by Gasteiger charge is -2.17. The molecule has 3 aromatic heterocycles. The number of rotatable bonds is 6. The number of benzene rings is 2. The monoisotopic (exact) mass is 480 g/mol. The number of aryl methyl sites for hydroxylation is 1. The Hall–Kier alpha value is -4.86. The molecule has 6 rings (SSSR count). The van der Waals surface area contributed by atoms with E-state index in [1.807, 2.05) is 18.2 Å². The fourth-order valence-corrected chi connectivity index (χ4v) is 4.65. The second-order valence-corrected chi connectivity index (χ2v) is 8.63. The van der Waals surface area contributed by atoms with E-state index < -0.39 is 0 Å². The van der Waals surface area contributed by atoms with E-state index in [0.717, 1.165) is 5.56 Å². The molecule has 2 N–H and O–H groups in total. The van der Waals surface area contributed by atoms with Gasteiger partial charge in [-0.05, 0) is 48.4 Å². The van der Waals surface area contributed by atoms with Gasteiger partial charge in [0.25, 0.3) is 17.4 Å². The molecule has 2 aromatic carbocycles. The first-order valence-electron chi connectivity index (χ1n) is 11.5. The third kappa shape index (κ3) is 3.59. The number of fused-ring (bicyclic) bond motifs is 3. The Kier molecular flexibility index (Phi) is 5.06. The largest absolute Gasteiger partial charge is 0.323 e. The Balaban J connectivity index is 1.31. The molecule has 178 valence electrons. The molecule has 0 bridgehead atoms. The molecule has 0 atom stereocenters. The first-order chi connectivity index (χ1) is 17.5. The lowest BCUT2D eigenvalue weighted by Crippen LogP contribution is -2.34. The van der Waals surface area contributed by atoms with Gasteiger partial charge in [0, 0.05) is 25.7 Å². The van der Waals surface area contributed by atoms with Gasteiger partial charge in [0.15, 0.2) is 5.65 Å². The van der Waals surface area contributed by atoms with Crippen molar-refractivity contribution in [3.05, 3.63) is 104 Å². The number of nitrogens with one attached hydrogen (secondary N) is 2. The van der Waals surface area contributed by atoms with E-state index >= 15 is 0 Å². The minimum absolute atomic E-state index is 0.0909. The number of imidazole rings is 1. The van der Waals surface area contributed by atoms with Crippen LogP contribution in [0.1, 0.15) is 32.1 Å². The van der Waals surface area contributed by atoms with Crippen molar-refractivity contribution < 1.29 is 9.59 Å². The summed E-state index contributed by atoms with van der Waals surface area (Å²) in [6, 6.07) is 15.7. The molecular weight excluding hydrogens is 460 g/mol. The lowest BCUT2D eigenvalue weighted by atomic mass is 10.1. The van der Waals surface area contributed by atoms with E-state index in [1.54, 1.807) is 47.2 Å². The Morgan fingerprint density at radius 3 is 2.31 bits per heavy atom. The highest BCUT2D eigenvalue weighted by molar-refractivity contribution is 6.21. The van der Waals surface area contributed by atoms with Gasteiger partial charge in [-0.2, -0.15) is 0 Å². The first kappa shape index (κ1) is 21.7. The number of hydrogen-bond acceptors (Lipinski definition) is 6. The Morgan fingerprint density at radius 2 is 1.53 bits per heavy atom. The van der Waals surface area contributed by atoms with Crippen LogP contribution in [-0.4, -0.2) is 47.8 Å². The van der Waals surface area contributed by atoms with Crippen molar-refractivity contribution in [1.29, 1.82) is 0 Å². The van der Waals surface area contributed by atoms with Gasteiger partial charge in [-0.3, -0.25) is 23.9 Å². The highest BCUT2D eigenvalue weighted by atomic mass is 16.2. The zero-order valence-electron chi connectivity index (χ0n) is 19.0. The number of amides is 2. The summed E-state index contributed by atoms with van der Waals surface area (Å²) in [4.78, 5) is 66.0. The number of imide groups is 1. The van der Waals surface area contributed by atoms with E-state index in [1.165, 1.54) is 4.90 Å². The first-order valence-corrected chi connectivity index (χ1v) is 11.5. The molecular formula is C26H20N6O4. The molecule has 0 saturated heterocycles. The Bertz CT molecular complexity index is 1760. The normalized spacial score (nSPS) is 13.2. The lowest BCUT2D eigenvalue weighted by molar-refractivity contribution is 0.0655. The van der Waals surface area contributed by atoms with Gasteiger partial charge in [-0.1, -0.05) is 18.2 Å². The summed E-state index contributed by atoms with van der Waals surface area (Å²) in [5, 5.41) is 0.396. The van der Waals surface area contributed by atoms with Crippen LogP contribution in [0.5, 0.6) is 0 Å². The fraction of sp³-hybridized carbons (Fsp3) is 0.154. The number of nitrogens with zero attached hydrogens (tertiary/aromatic N) is 4. The van der Waals surface area contributed by atoms with Gasteiger partial charge in [-0.25, -0.2) is 14.8 Å². The fourth-order valence-electron chi connectivity index (χ4n) is 4.65. The van der Waals surface area contributed by atoms with Gasteiger partial charge in [-0.15, -0.1) is 0 Å². The van der Waals surface area contributed by atoms with E-state index in [2.05, 4.69) is 19.9 Å². The molecule has 10 nitrogen and oxygen atoms in total. The van der Waals surface area contributed by atoms with Crippen LogP contribution in [0.15, 0.2) is 70.4 Å². The standard InChI is InChI=1S/C26H20N6O4/c33-23-16-4-1-2-5-17(16)24(34)32(23)13-10-21-30-22-18(6-3-11-27-22)25(35)31(21)12-9-15-7-8-19-20(14-15)29-26(36)28-19/h1-8,11,14H,9-10,12-13H2,(H2,28,29,36). The van der Waals surface area contributed by atoms with E-state index in [9.17, 15) is 19.2 Å². The predicted octanol–water partition coefficient (Wildman–Crippen LogP) is 2.04. The van der Waals surface area contributed by atoms with Crippen molar-refractivity contribution >= 4 is 33.9 Å². The van der Waals surface area contributed by atoms with Crippen LogP contribution in [0.2, 0.25) is 0 Å². The highest BCUT2D eigenvalue weighted by Crippen LogP contribution is 2.22. The van der Waals surface area contributed by atoms with Gasteiger partial charge in [0.05, 0.1) is 27.5 Å². The summed E-state index contributed by atoms with van der Waals surface area (Å²) in [6.07, 6.45) is 2.29. The number of H-pyrrole nitrogens is 2. The third-order valence-corrected chi connectivity index (χ3v) is 6.45. The minimum atomic E-state index is -0.350. The zero-order chi connectivity index (χ0) is 24.8. The maximum Gasteiger partial charge on any atom is 0.323 e. The summed E-state index contributed by atoms with van der Waals surface area (Å²) in [5.74, 6) is -0.256. The zero-order valence-corrected chi connectivity index (χ0v) is 19.0. The van der Waals surface area contributed by atoms with Crippen LogP contribution >= 0.6 is 0 Å². The molecule has 1 aliphatic heterocycles. The van der Waals surface area contributed by atoms with Crippen LogP contribution in [0.3, 0.4) is 0 Å². The molecule has 0 unspecified atom stereocenters. The molecule has 4 heterocycles. The number of carbonyl (C=O) groups is 2. The summed E-state index contributed by atoms with van der Waals surface area (Å²) in [5.41, 5.74) is 2.90. The maximum absolute atomic E-state index is 13.4. The second-order valence-electron chi connectivity index (χ2n) is 8.63. The van der Waals surface area contributed by atoms with Gasteiger partial charge in [0.2, 0.25) is 0 Å². The van der Waals surface area contributed by atoms with Crippen LogP contribution in [0, 0.1) is 0 Å². The quantitative estimate of drug-likeness (QED) is 0.357. The van der Waals surface area contributed by atoms with E-state index in [4.69, 9.17) is 0 Å². The molecule has 10 heteroatoms. The van der Waals surface area contributed by atoms with Crippen LogP contribution in [0.4, 0.5) is 0 Å². The summed E-state index contributed by atoms with van der Waals surface area (Å²) >= 11 is 0. The van der Waals surface area contributed by atoms with Crippen molar-refractivity contribution in [3.8, 4) is 0 Å². The van der Waals surface area contributed by atoms with Crippen LogP contribution < -0.4 is 11.2 Å². The minimum Gasteiger partial charge on any atom is -0.306 e. The van der Waals surface area contributed by atoms with E-state index in [0.29, 0.717) is 52.0 Å². The topological polar surface area (TPSA) is 134 Å². The van der Waals surface area contributed by atoms with E-state index in [-0.39, 0.29) is 36.0 Å². The molecule has 0 radical (unpaired) electrons. The summed E-state index contributed by atoms with van der Waals surface area (Å²) in [7, 11) is 0. The number of aromatic nitrogens is 5. The molecule has 0 aliphatic carbocycles. The number of hydrogen-bond donors (Lipinski definition) is 2. The Morgan fingerprint density at radius 1 is 0.778 bits per heavy atom. The van der Waals surface area contributed by atoms with Crippen molar-refractivity contribution in [1.82, 2.24) is 29.4 Å². The predicted molar refractivity (Wildman–Crippen MR) is 132 cm³/mol. The second kappa shape index (κ2) is 8.42. The molecule has 2 amide bonds. The van der Waals surface area contributed by atoms with Gasteiger partial charge >= 0.3 is 5.69 Å². The molecule has 5 aromatic rings. The van der Waals surface area contributed by atoms with Crippen molar-refractivity contribution in [2.45, 2.75) is 19.4 Å². The van der Waals surface area contributed by atoms with Crippen LogP contribution in [0.25, 0.3) is 22.1 Å². The smallest absolute Gasteiger partial charge is 0.306 e. The number of carbonyl (C=O) groups excluding carboxylic acids is 2. The summed E-state index contributed by atoms with van der Waals surface area (Å²) in [6.45, 7) is 0.419. The van der Waals surface area contributed by atoms with Crippen molar-refractivity contribution in [3.63, 3.8) is 0 Å². The van der Waals surface area contributed by atoms with Crippen LogP contribution in [-0.2, 0) is 19.4 Å². The maximum atomic E-state index is 13.4. The molecule has 0 fully saturated rings. The molecule has 1 aliphatic rings. The molecule has 0 spiro atoms. The van der Waals surface area contributed by atoms with Gasteiger partial charge in [0.1, 0.15) is 5.82 Å². The SMILES string of the molecule is O=C1c2ccccc2C(=O)N1CCc1nc2ncccc2c(=O)n1CCc1ccc2[nH]c(=O)[nH]c2c1. The van der Waals surface area contributed by atoms with Gasteiger partial charge < -0.3 is 9.97 Å². The molecule has 36 heavy (non-hydrogen) atoms. The number of pyridine rings is 1. The average Bonchev–Trinajstić information content (AvgIpc) is 3.38.